The van der Waals surface area contributed by atoms with E-state index in [1.807, 2.05) is 0 Å². The number of rotatable bonds is 2. The van der Waals surface area contributed by atoms with Crippen molar-refractivity contribution in [3.05, 3.63) is 73.2 Å². The molecule has 0 saturated heterocycles. The number of phenols is 1. The molecule has 0 aromatic heterocycles. The van der Waals surface area contributed by atoms with Crippen LogP contribution in [0.25, 0.3) is 6.08 Å². The minimum Gasteiger partial charge on any atom is -0.502 e. The van der Waals surface area contributed by atoms with Gasteiger partial charge in [0, 0.05) is 27.2 Å². The Kier molecular flexibility index (Phi) is 3.57. The van der Waals surface area contributed by atoms with Crippen LogP contribution in [-0.2, 0) is 0 Å². The van der Waals surface area contributed by atoms with E-state index in [-0.39, 0.29) is 22.3 Å². The van der Waals surface area contributed by atoms with Crippen LogP contribution < -0.4 is 0 Å². The van der Waals surface area contributed by atoms with Gasteiger partial charge in [0.15, 0.2) is 11.6 Å². The minimum atomic E-state index is -0.741. The van der Waals surface area contributed by atoms with Crippen LogP contribution in [0.4, 0.5) is 5.69 Å². The Morgan fingerprint density at radius 2 is 1.65 bits per heavy atom. The Morgan fingerprint density at radius 3 is 2.17 bits per heavy atom. The molecule has 2 aromatic carbocycles. The molecule has 6 nitrogen and oxygen atoms in total. The maximum Gasteiger partial charge on any atom is 0.312 e. The number of fused-ring (bicyclic) bond motifs is 1. The fraction of sp³-hybridized carbons (Fsp3) is 0. The normalized spacial score (nSPS) is 13.2. The summed E-state index contributed by atoms with van der Waals surface area (Å²) < 4.78 is 0.351. The van der Waals surface area contributed by atoms with Gasteiger partial charge in [-0.1, -0.05) is 40.2 Å². The number of carbonyl (C=O) groups excluding carboxylic acids is 2. The molecule has 1 N–H and O–H groups in total. The van der Waals surface area contributed by atoms with Crippen LogP contribution in [0.3, 0.4) is 0 Å². The molecule has 0 radical (unpaired) electrons. The third-order valence-corrected chi connectivity index (χ3v) is 3.94. The zero-order valence-electron chi connectivity index (χ0n) is 11.4. The molecule has 0 heterocycles. The largest absolute Gasteiger partial charge is 0.502 e. The van der Waals surface area contributed by atoms with Crippen molar-refractivity contribution in [1.82, 2.24) is 0 Å². The number of allylic oxidation sites excluding steroid dienone is 1. The molecular formula is C16H8BrNO5. The number of phenolic OH excluding ortho intramolecular Hbond substituents is 1. The number of ketones is 2. The van der Waals surface area contributed by atoms with Gasteiger partial charge >= 0.3 is 5.69 Å². The van der Waals surface area contributed by atoms with Crippen LogP contribution in [-0.4, -0.2) is 21.6 Å². The molecule has 2 aromatic rings. The first-order valence-corrected chi connectivity index (χ1v) is 7.26. The van der Waals surface area contributed by atoms with Crippen LogP contribution in [0, 0.1) is 10.1 Å². The van der Waals surface area contributed by atoms with E-state index in [9.17, 15) is 24.8 Å². The average molecular weight is 374 g/mol. The molecule has 0 atom stereocenters. The van der Waals surface area contributed by atoms with Crippen molar-refractivity contribution < 1.29 is 19.6 Å². The number of benzene rings is 2. The lowest BCUT2D eigenvalue weighted by Gasteiger charge is -2.03. The molecule has 0 fully saturated rings. The number of hydrogen-bond donors (Lipinski definition) is 1. The molecule has 1 aliphatic carbocycles. The van der Waals surface area contributed by atoms with Crippen LogP contribution in [0.5, 0.6) is 5.75 Å². The van der Waals surface area contributed by atoms with Crippen molar-refractivity contribution >= 4 is 39.3 Å². The van der Waals surface area contributed by atoms with Gasteiger partial charge in [0.1, 0.15) is 0 Å². The zero-order valence-corrected chi connectivity index (χ0v) is 13.0. The summed E-state index contributed by atoms with van der Waals surface area (Å²) in [6, 6.07) is 8.92. The second-order valence-electron chi connectivity index (χ2n) is 4.88. The molecular weight excluding hydrogens is 366 g/mol. The Hall–Kier alpha value is -2.80. The maximum absolute atomic E-state index is 12.3. The summed E-state index contributed by atoms with van der Waals surface area (Å²) in [5, 5.41) is 20.9. The van der Waals surface area contributed by atoms with Gasteiger partial charge in [0.2, 0.25) is 5.75 Å². The van der Waals surface area contributed by atoms with E-state index < -0.39 is 27.9 Å². The van der Waals surface area contributed by atoms with Gasteiger partial charge in [-0.15, -0.1) is 0 Å². The quantitative estimate of drug-likeness (QED) is 0.375. The fourth-order valence-corrected chi connectivity index (χ4v) is 2.88. The summed E-state index contributed by atoms with van der Waals surface area (Å²) in [5.74, 6) is -1.53. The molecule has 23 heavy (non-hydrogen) atoms. The average Bonchev–Trinajstić information content (AvgIpc) is 2.76. The molecule has 114 valence electrons. The molecule has 0 saturated carbocycles. The maximum atomic E-state index is 12.3. The van der Waals surface area contributed by atoms with E-state index in [4.69, 9.17) is 0 Å². The Morgan fingerprint density at radius 1 is 1.09 bits per heavy atom. The van der Waals surface area contributed by atoms with Crippen molar-refractivity contribution in [3.8, 4) is 5.75 Å². The zero-order chi connectivity index (χ0) is 16.7. The summed E-state index contributed by atoms with van der Waals surface area (Å²) >= 11 is 3.11. The van der Waals surface area contributed by atoms with Crippen LogP contribution >= 0.6 is 15.9 Å². The standard InChI is InChI=1S/C16H8BrNO5/c17-9-5-8(14(19)13(7-9)18(22)23)6-12-15(20)10-3-1-2-4-11(10)16(12)21/h1-7,19H. The molecule has 0 aliphatic heterocycles. The number of nitro groups is 1. The van der Waals surface area contributed by atoms with Crippen molar-refractivity contribution in [1.29, 1.82) is 0 Å². The van der Waals surface area contributed by atoms with Crippen molar-refractivity contribution in [2.75, 3.05) is 0 Å². The number of hydrogen-bond acceptors (Lipinski definition) is 5. The lowest BCUT2D eigenvalue weighted by molar-refractivity contribution is -0.385. The lowest BCUT2D eigenvalue weighted by atomic mass is 10.1. The first kappa shape index (κ1) is 15.1. The Balaban J connectivity index is 2.16. The number of nitro benzene ring substituents is 1. The first-order valence-electron chi connectivity index (χ1n) is 6.47. The third-order valence-electron chi connectivity index (χ3n) is 3.49. The molecule has 3 rings (SSSR count). The predicted octanol–water partition coefficient (Wildman–Crippen LogP) is 3.53. The van der Waals surface area contributed by atoms with Gasteiger partial charge in [-0.25, -0.2) is 0 Å². The van der Waals surface area contributed by atoms with E-state index in [0.717, 1.165) is 6.07 Å². The van der Waals surface area contributed by atoms with Crippen molar-refractivity contribution in [2.24, 2.45) is 0 Å². The number of Topliss-reactive ketones (excluding diaryl/α,β-unsaturated/α-hetero) is 2. The van der Waals surface area contributed by atoms with Crippen LogP contribution in [0.2, 0.25) is 0 Å². The monoisotopic (exact) mass is 373 g/mol. The number of halogens is 1. The first-order chi connectivity index (χ1) is 10.9. The van der Waals surface area contributed by atoms with E-state index in [2.05, 4.69) is 15.9 Å². The Bertz CT molecular complexity index is 880. The van der Waals surface area contributed by atoms with Gasteiger partial charge in [-0.05, 0) is 12.1 Å². The van der Waals surface area contributed by atoms with Gasteiger partial charge in [0.05, 0.1) is 10.5 Å². The molecule has 0 spiro atoms. The van der Waals surface area contributed by atoms with Crippen LogP contribution in [0.1, 0.15) is 26.3 Å². The predicted molar refractivity (Wildman–Crippen MR) is 85.5 cm³/mol. The van der Waals surface area contributed by atoms with Crippen LogP contribution in [0.15, 0.2) is 46.4 Å². The molecule has 0 bridgehead atoms. The highest BCUT2D eigenvalue weighted by Crippen LogP contribution is 2.36. The second-order valence-corrected chi connectivity index (χ2v) is 5.80. The lowest BCUT2D eigenvalue weighted by Crippen LogP contribution is -2.00. The topological polar surface area (TPSA) is 97.5 Å². The molecule has 7 heteroatoms. The highest BCUT2D eigenvalue weighted by Gasteiger charge is 2.33. The molecule has 0 unspecified atom stereocenters. The molecule has 0 amide bonds. The van der Waals surface area contributed by atoms with Gasteiger partial charge in [-0.3, -0.25) is 19.7 Å². The van der Waals surface area contributed by atoms with Gasteiger partial charge < -0.3 is 5.11 Å². The number of aromatic hydroxyl groups is 1. The van der Waals surface area contributed by atoms with Crippen molar-refractivity contribution in [3.63, 3.8) is 0 Å². The number of nitrogens with zero attached hydrogens (tertiary/aromatic N) is 1. The minimum absolute atomic E-state index is 0.0237. The van der Waals surface area contributed by atoms with E-state index in [1.165, 1.54) is 12.1 Å². The molecule has 1 aliphatic rings. The highest BCUT2D eigenvalue weighted by atomic mass is 79.9. The second kappa shape index (κ2) is 5.44. The van der Waals surface area contributed by atoms with E-state index in [1.54, 1.807) is 24.3 Å². The van der Waals surface area contributed by atoms with E-state index in [0.29, 0.717) is 4.47 Å². The van der Waals surface area contributed by atoms with Crippen molar-refractivity contribution in [2.45, 2.75) is 0 Å². The SMILES string of the molecule is O=C1C(=Cc2cc(Br)cc([N+](=O)[O-])c2O)C(=O)c2ccccc21. The fourth-order valence-electron chi connectivity index (χ4n) is 2.41. The summed E-state index contributed by atoms with van der Waals surface area (Å²) in [7, 11) is 0. The number of carbonyl (C=O) groups is 2. The summed E-state index contributed by atoms with van der Waals surface area (Å²) in [5.41, 5.74) is -0.0495. The summed E-state index contributed by atoms with van der Waals surface area (Å²) in [6.45, 7) is 0. The highest BCUT2D eigenvalue weighted by molar-refractivity contribution is 9.10. The van der Waals surface area contributed by atoms with Gasteiger partial charge in [0.25, 0.3) is 0 Å². The summed E-state index contributed by atoms with van der Waals surface area (Å²) in [6.07, 6.45) is 1.18. The summed E-state index contributed by atoms with van der Waals surface area (Å²) in [4.78, 5) is 34.8. The third kappa shape index (κ3) is 2.44. The smallest absolute Gasteiger partial charge is 0.312 e. The Labute approximate surface area is 138 Å². The van der Waals surface area contributed by atoms with E-state index >= 15 is 0 Å². The van der Waals surface area contributed by atoms with Gasteiger partial charge in [-0.2, -0.15) is 0 Å².